The fraction of sp³-hybridized carbons (Fsp3) is 0.588. The fourth-order valence-electron chi connectivity index (χ4n) is 4.00. The SMILES string of the molecule is O=C(Nc1c2c(cc3c1CCC3)CCC2)NS(=O)(=O)C1CCC1. The van der Waals surface area contributed by atoms with Crippen LogP contribution in [0.25, 0.3) is 0 Å². The third kappa shape index (κ3) is 2.63. The van der Waals surface area contributed by atoms with Gasteiger partial charge in [-0.3, -0.25) is 0 Å². The Balaban J connectivity index is 1.58. The highest BCUT2D eigenvalue weighted by Crippen LogP contribution is 2.38. The van der Waals surface area contributed by atoms with Crippen LogP contribution in [-0.4, -0.2) is 19.7 Å². The molecular formula is C17H22N2O3S. The zero-order chi connectivity index (χ0) is 16.0. The van der Waals surface area contributed by atoms with Gasteiger partial charge in [-0.25, -0.2) is 17.9 Å². The van der Waals surface area contributed by atoms with Crippen LogP contribution in [0.3, 0.4) is 0 Å². The fourth-order valence-corrected chi connectivity index (χ4v) is 5.43. The van der Waals surface area contributed by atoms with Gasteiger partial charge in [0.05, 0.1) is 5.25 Å². The molecule has 5 nitrogen and oxygen atoms in total. The molecule has 6 heteroatoms. The van der Waals surface area contributed by atoms with Crippen molar-refractivity contribution in [2.24, 2.45) is 0 Å². The summed E-state index contributed by atoms with van der Waals surface area (Å²) in [5, 5.41) is 2.47. The zero-order valence-electron chi connectivity index (χ0n) is 13.2. The van der Waals surface area contributed by atoms with Crippen molar-refractivity contribution < 1.29 is 13.2 Å². The van der Waals surface area contributed by atoms with Crippen LogP contribution in [-0.2, 0) is 35.7 Å². The van der Waals surface area contributed by atoms with Crippen LogP contribution >= 0.6 is 0 Å². The summed E-state index contributed by atoms with van der Waals surface area (Å²) < 4.78 is 26.4. The molecule has 1 aromatic carbocycles. The number of amides is 2. The van der Waals surface area contributed by atoms with Crippen molar-refractivity contribution >= 4 is 21.7 Å². The molecular weight excluding hydrogens is 312 g/mol. The number of hydrogen-bond acceptors (Lipinski definition) is 3. The van der Waals surface area contributed by atoms with E-state index in [4.69, 9.17) is 0 Å². The normalized spacial score (nSPS) is 19.8. The Bertz CT molecular complexity index is 734. The van der Waals surface area contributed by atoms with Gasteiger partial charge in [-0.2, -0.15) is 0 Å². The number of fused-ring (bicyclic) bond motifs is 2. The van der Waals surface area contributed by atoms with Crippen LogP contribution < -0.4 is 10.0 Å². The van der Waals surface area contributed by atoms with Gasteiger partial charge in [0.2, 0.25) is 10.0 Å². The van der Waals surface area contributed by atoms with Gasteiger partial charge >= 0.3 is 6.03 Å². The molecule has 0 aromatic heterocycles. The highest BCUT2D eigenvalue weighted by atomic mass is 32.2. The average Bonchev–Trinajstić information content (AvgIpc) is 3.02. The number of rotatable bonds is 3. The number of sulfonamides is 1. The summed E-state index contributed by atoms with van der Waals surface area (Å²) in [6, 6.07) is 1.69. The van der Waals surface area contributed by atoms with Crippen molar-refractivity contribution in [2.75, 3.05) is 5.32 Å². The molecule has 0 heterocycles. The van der Waals surface area contributed by atoms with Gasteiger partial charge in [0.25, 0.3) is 0 Å². The lowest BCUT2D eigenvalue weighted by molar-refractivity contribution is 0.256. The van der Waals surface area contributed by atoms with Crippen LogP contribution in [0, 0.1) is 0 Å². The summed E-state index contributed by atoms with van der Waals surface area (Å²) >= 11 is 0. The standard InChI is InChI=1S/C17H22N2O3S/c20-17(19-23(21,22)13-6-3-7-13)18-16-14-8-1-4-11(14)10-12-5-2-9-15(12)16/h10,13H,1-9H2,(H2,18,19,20). The van der Waals surface area contributed by atoms with Crippen molar-refractivity contribution in [2.45, 2.75) is 63.0 Å². The first-order valence-electron chi connectivity index (χ1n) is 8.54. The maximum Gasteiger partial charge on any atom is 0.332 e. The van der Waals surface area contributed by atoms with Gasteiger partial charge in [0, 0.05) is 5.69 Å². The Morgan fingerprint density at radius 3 is 2.09 bits per heavy atom. The minimum atomic E-state index is -3.53. The third-order valence-electron chi connectivity index (χ3n) is 5.44. The second-order valence-electron chi connectivity index (χ2n) is 6.89. The first-order chi connectivity index (χ1) is 11.0. The Morgan fingerprint density at radius 2 is 1.57 bits per heavy atom. The monoisotopic (exact) mass is 334 g/mol. The summed E-state index contributed by atoms with van der Waals surface area (Å²) in [5.41, 5.74) is 5.95. The van der Waals surface area contributed by atoms with Crippen molar-refractivity contribution in [3.63, 3.8) is 0 Å². The molecule has 0 atom stereocenters. The lowest BCUT2D eigenvalue weighted by atomic mass is 9.99. The minimum absolute atomic E-state index is 0.402. The molecule has 0 spiro atoms. The minimum Gasteiger partial charge on any atom is -0.307 e. The molecule has 1 aromatic rings. The lowest BCUT2D eigenvalue weighted by Crippen LogP contribution is -2.43. The van der Waals surface area contributed by atoms with Crippen LogP contribution in [0.2, 0.25) is 0 Å². The van der Waals surface area contributed by atoms with E-state index >= 15 is 0 Å². The van der Waals surface area contributed by atoms with E-state index in [9.17, 15) is 13.2 Å². The highest BCUT2D eigenvalue weighted by Gasteiger charge is 2.33. The molecule has 1 fully saturated rings. The lowest BCUT2D eigenvalue weighted by Gasteiger charge is -2.25. The van der Waals surface area contributed by atoms with Crippen molar-refractivity contribution in [3.05, 3.63) is 28.3 Å². The number of nitrogens with one attached hydrogen (secondary N) is 2. The summed E-state index contributed by atoms with van der Waals surface area (Å²) in [4.78, 5) is 12.3. The number of aryl methyl sites for hydroxylation is 2. The van der Waals surface area contributed by atoms with E-state index < -0.39 is 21.3 Å². The summed E-state index contributed by atoms with van der Waals surface area (Å²) in [6.07, 6.45) is 8.48. The molecule has 2 N–H and O–H groups in total. The Morgan fingerprint density at radius 1 is 0.957 bits per heavy atom. The second-order valence-corrected chi connectivity index (χ2v) is 8.85. The molecule has 124 valence electrons. The zero-order valence-corrected chi connectivity index (χ0v) is 14.0. The van der Waals surface area contributed by atoms with Crippen molar-refractivity contribution in [1.82, 2.24) is 4.72 Å². The van der Waals surface area contributed by atoms with E-state index in [1.807, 2.05) is 0 Å². The predicted molar refractivity (Wildman–Crippen MR) is 89.2 cm³/mol. The molecule has 0 aliphatic heterocycles. The predicted octanol–water partition coefficient (Wildman–Crippen LogP) is 2.67. The molecule has 0 unspecified atom stereocenters. The largest absolute Gasteiger partial charge is 0.332 e. The molecule has 23 heavy (non-hydrogen) atoms. The van der Waals surface area contributed by atoms with E-state index in [0.717, 1.165) is 50.6 Å². The topological polar surface area (TPSA) is 75.3 Å². The molecule has 2 amide bonds. The molecule has 1 saturated carbocycles. The molecule has 0 bridgehead atoms. The first kappa shape index (κ1) is 15.0. The molecule has 4 rings (SSSR count). The van der Waals surface area contributed by atoms with E-state index in [-0.39, 0.29) is 0 Å². The summed E-state index contributed by atoms with van der Waals surface area (Å²) in [5.74, 6) is 0. The van der Waals surface area contributed by atoms with E-state index in [1.54, 1.807) is 0 Å². The Hall–Kier alpha value is -1.56. The van der Waals surface area contributed by atoms with Crippen molar-refractivity contribution in [1.29, 1.82) is 0 Å². The number of carbonyl (C=O) groups excluding carboxylic acids is 1. The quantitative estimate of drug-likeness (QED) is 0.892. The second kappa shape index (κ2) is 5.51. The van der Waals surface area contributed by atoms with E-state index in [2.05, 4.69) is 16.1 Å². The third-order valence-corrected chi connectivity index (χ3v) is 7.26. The number of hydrogen-bond donors (Lipinski definition) is 2. The van der Waals surface area contributed by atoms with Gasteiger partial charge in [0.15, 0.2) is 0 Å². The maximum absolute atomic E-state index is 12.3. The van der Waals surface area contributed by atoms with Crippen LogP contribution in [0.4, 0.5) is 10.5 Å². The van der Waals surface area contributed by atoms with Crippen LogP contribution in [0.5, 0.6) is 0 Å². The van der Waals surface area contributed by atoms with Gasteiger partial charge in [0.1, 0.15) is 0 Å². The number of anilines is 1. The summed E-state index contributed by atoms with van der Waals surface area (Å²) in [6.45, 7) is 0. The Kier molecular flexibility index (Phi) is 3.59. The maximum atomic E-state index is 12.3. The van der Waals surface area contributed by atoms with Gasteiger partial charge in [-0.15, -0.1) is 0 Å². The van der Waals surface area contributed by atoms with Crippen LogP contribution in [0.15, 0.2) is 6.07 Å². The Labute approximate surface area is 136 Å². The highest BCUT2D eigenvalue weighted by molar-refractivity contribution is 7.90. The molecule has 3 aliphatic carbocycles. The van der Waals surface area contributed by atoms with Crippen LogP contribution in [0.1, 0.15) is 54.4 Å². The number of benzene rings is 1. The molecule has 0 saturated heterocycles. The summed E-state index contributed by atoms with van der Waals surface area (Å²) in [7, 11) is -3.53. The van der Waals surface area contributed by atoms with Crippen molar-refractivity contribution in [3.8, 4) is 0 Å². The smallest absolute Gasteiger partial charge is 0.307 e. The molecule has 3 aliphatic rings. The van der Waals surface area contributed by atoms with Gasteiger partial charge < -0.3 is 5.32 Å². The molecule has 0 radical (unpaired) electrons. The van der Waals surface area contributed by atoms with Gasteiger partial charge in [-0.1, -0.05) is 12.5 Å². The first-order valence-corrected chi connectivity index (χ1v) is 10.1. The van der Waals surface area contributed by atoms with E-state index in [1.165, 1.54) is 22.3 Å². The number of carbonyl (C=O) groups is 1. The van der Waals surface area contributed by atoms with E-state index in [0.29, 0.717) is 12.8 Å². The average molecular weight is 334 g/mol. The van der Waals surface area contributed by atoms with Gasteiger partial charge in [-0.05, 0) is 73.6 Å². The number of urea groups is 1.